The van der Waals surface area contributed by atoms with Gasteiger partial charge in [-0.05, 0) is 26.0 Å². The minimum Gasteiger partial charge on any atom is -0.481 e. The highest BCUT2D eigenvalue weighted by Crippen LogP contribution is 2.01. The summed E-state index contributed by atoms with van der Waals surface area (Å²) in [6.45, 7) is 4.41. The van der Waals surface area contributed by atoms with E-state index in [4.69, 9.17) is 5.11 Å². The number of aliphatic carboxylic acids is 1. The number of carboxylic acids is 1. The van der Waals surface area contributed by atoms with Crippen LogP contribution in [0.1, 0.15) is 26.0 Å². The first-order valence-electron chi connectivity index (χ1n) is 6.67. The molecule has 1 heterocycles. The number of carbonyl (C=O) groups excluding carboxylic acids is 1. The second kappa shape index (κ2) is 8.14. The van der Waals surface area contributed by atoms with Crippen LogP contribution in [0.15, 0.2) is 24.4 Å². The predicted molar refractivity (Wildman–Crippen MR) is 75.4 cm³/mol. The maximum Gasteiger partial charge on any atom is 0.317 e. The Labute approximate surface area is 118 Å². The van der Waals surface area contributed by atoms with E-state index < -0.39 is 5.97 Å². The molecule has 0 spiro atoms. The Morgan fingerprint density at radius 1 is 1.40 bits per heavy atom. The van der Waals surface area contributed by atoms with Gasteiger partial charge in [-0.2, -0.15) is 0 Å². The number of amides is 2. The van der Waals surface area contributed by atoms with Gasteiger partial charge in [-0.1, -0.05) is 6.07 Å². The van der Waals surface area contributed by atoms with E-state index in [2.05, 4.69) is 10.3 Å². The maximum absolute atomic E-state index is 12.0. The fourth-order valence-corrected chi connectivity index (χ4v) is 1.76. The Morgan fingerprint density at radius 2 is 2.15 bits per heavy atom. The quantitative estimate of drug-likeness (QED) is 0.792. The lowest BCUT2D eigenvalue weighted by Crippen LogP contribution is -2.45. The van der Waals surface area contributed by atoms with Crippen molar-refractivity contribution in [2.75, 3.05) is 13.1 Å². The summed E-state index contributed by atoms with van der Waals surface area (Å²) in [7, 11) is 0. The van der Waals surface area contributed by atoms with Gasteiger partial charge in [0, 0.05) is 37.4 Å². The highest BCUT2D eigenvalue weighted by molar-refractivity contribution is 5.75. The third kappa shape index (κ3) is 5.69. The summed E-state index contributed by atoms with van der Waals surface area (Å²) < 4.78 is 0. The first-order valence-corrected chi connectivity index (χ1v) is 6.67. The van der Waals surface area contributed by atoms with Crippen molar-refractivity contribution >= 4 is 12.0 Å². The van der Waals surface area contributed by atoms with Crippen molar-refractivity contribution < 1.29 is 14.7 Å². The molecule has 2 N–H and O–H groups in total. The molecule has 0 saturated carbocycles. The molecule has 0 radical (unpaired) electrons. The maximum atomic E-state index is 12.0. The van der Waals surface area contributed by atoms with Gasteiger partial charge in [-0.3, -0.25) is 9.78 Å². The summed E-state index contributed by atoms with van der Waals surface area (Å²) in [6.07, 6.45) is 2.31. The van der Waals surface area contributed by atoms with Gasteiger partial charge >= 0.3 is 12.0 Å². The number of carboxylic acid groups (broad SMARTS) is 1. The lowest BCUT2D eigenvalue weighted by Gasteiger charge is -2.26. The standard InChI is InChI=1S/C14H21N3O3/c1-11(2)17(10-7-13(18)19)14(20)16-9-6-12-5-3-4-8-15-12/h3-5,8,11H,6-7,9-10H2,1-2H3,(H,16,20)(H,18,19). The lowest BCUT2D eigenvalue weighted by atomic mass is 10.2. The zero-order valence-corrected chi connectivity index (χ0v) is 11.9. The normalized spacial score (nSPS) is 10.3. The Kier molecular flexibility index (Phi) is 6.49. The number of hydrogen-bond acceptors (Lipinski definition) is 3. The van der Waals surface area contributed by atoms with Crippen LogP contribution < -0.4 is 5.32 Å². The molecule has 110 valence electrons. The topological polar surface area (TPSA) is 82.5 Å². The molecule has 0 atom stereocenters. The fraction of sp³-hybridized carbons (Fsp3) is 0.500. The number of carbonyl (C=O) groups is 2. The highest BCUT2D eigenvalue weighted by atomic mass is 16.4. The Hall–Kier alpha value is -2.11. The molecule has 1 rings (SSSR count). The van der Waals surface area contributed by atoms with Gasteiger partial charge in [0.15, 0.2) is 0 Å². The fourth-order valence-electron chi connectivity index (χ4n) is 1.76. The summed E-state index contributed by atoms with van der Waals surface area (Å²) in [6, 6.07) is 5.37. The van der Waals surface area contributed by atoms with Crippen molar-refractivity contribution in [3.8, 4) is 0 Å². The summed E-state index contributed by atoms with van der Waals surface area (Å²) in [4.78, 5) is 28.3. The van der Waals surface area contributed by atoms with Crippen molar-refractivity contribution in [2.45, 2.75) is 32.7 Å². The molecule has 6 nitrogen and oxygen atoms in total. The van der Waals surface area contributed by atoms with Crippen LogP contribution in [0, 0.1) is 0 Å². The van der Waals surface area contributed by atoms with Crippen LogP contribution in [0.25, 0.3) is 0 Å². The van der Waals surface area contributed by atoms with E-state index in [-0.39, 0.29) is 25.0 Å². The van der Waals surface area contributed by atoms with E-state index >= 15 is 0 Å². The van der Waals surface area contributed by atoms with Gasteiger partial charge < -0.3 is 15.3 Å². The zero-order valence-electron chi connectivity index (χ0n) is 11.9. The van der Waals surface area contributed by atoms with Gasteiger partial charge in [-0.25, -0.2) is 4.79 Å². The summed E-state index contributed by atoms with van der Waals surface area (Å²) in [5, 5.41) is 11.5. The van der Waals surface area contributed by atoms with Crippen molar-refractivity contribution in [1.29, 1.82) is 0 Å². The molecule has 0 aliphatic rings. The molecule has 20 heavy (non-hydrogen) atoms. The molecule has 0 unspecified atom stereocenters. The zero-order chi connectivity index (χ0) is 15.0. The van der Waals surface area contributed by atoms with E-state index in [9.17, 15) is 9.59 Å². The van der Waals surface area contributed by atoms with Crippen LogP contribution in [0.4, 0.5) is 4.79 Å². The Morgan fingerprint density at radius 3 is 2.70 bits per heavy atom. The van der Waals surface area contributed by atoms with Crippen LogP contribution in [0.3, 0.4) is 0 Å². The van der Waals surface area contributed by atoms with Crippen molar-refractivity contribution in [1.82, 2.24) is 15.2 Å². The van der Waals surface area contributed by atoms with Gasteiger partial charge in [-0.15, -0.1) is 0 Å². The SMILES string of the molecule is CC(C)N(CCC(=O)O)C(=O)NCCc1ccccn1. The summed E-state index contributed by atoms with van der Waals surface area (Å²) >= 11 is 0. The van der Waals surface area contributed by atoms with E-state index in [1.807, 2.05) is 32.0 Å². The van der Waals surface area contributed by atoms with E-state index in [1.165, 1.54) is 4.90 Å². The highest BCUT2D eigenvalue weighted by Gasteiger charge is 2.17. The molecule has 6 heteroatoms. The van der Waals surface area contributed by atoms with Crippen molar-refractivity contribution in [3.63, 3.8) is 0 Å². The molecule has 0 aliphatic carbocycles. The number of nitrogens with zero attached hydrogens (tertiary/aromatic N) is 2. The monoisotopic (exact) mass is 279 g/mol. The molecule has 0 saturated heterocycles. The molecule has 1 aromatic heterocycles. The van der Waals surface area contributed by atoms with E-state index in [0.717, 1.165) is 5.69 Å². The third-order valence-corrected chi connectivity index (χ3v) is 2.83. The first-order chi connectivity index (χ1) is 9.50. The minimum absolute atomic E-state index is 0.0378. The number of pyridine rings is 1. The first kappa shape index (κ1) is 15.9. The molecule has 2 amide bonds. The number of rotatable bonds is 7. The molecule has 1 aromatic rings. The molecule has 0 bridgehead atoms. The van der Waals surface area contributed by atoms with Crippen molar-refractivity contribution in [3.05, 3.63) is 30.1 Å². The molecule has 0 aromatic carbocycles. The van der Waals surface area contributed by atoms with Crippen LogP contribution in [0.2, 0.25) is 0 Å². The number of hydrogen-bond donors (Lipinski definition) is 2. The number of nitrogens with one attached hydrogen (secondary N) is 1. The predicted octanol–water partition coefficient (Wildman–Crippen LogP) is 1.52. The van der Waals surface area contributed by atoms with Gasteiger partial charge in [0.25, 0.3) is 0 Å². The largest absolute Gasteiger partial charge is 0.481 e. The summed E-state index contributed by atoms with van der Waals surface area (Å²) in [5.41, 5.74) is 0.912. The lowest BCUT2D eigenvalue weighted by molar-refractivity contribution is -0.137. The molecule has 0 aliphatic heterocycles. The second-order valence-corrected chi connectivity index (χ2v) is 4.73. The Balaban J connectivity index is 2.40. The molecule has 0 fully saturated rings. The van der Waals surface area contributed by atoms with Crippen LogP contribution >= 0.6 is 0 Å². The Bertz CT molecular complexity index is 435. The number of aromatic nitrogens is 1. The smallest absolute Gasteiger partial charge is 0.317 e. The summed E-state index contributed by atoms with van der Waals surface area (Å²) in [5.74, 6) is -0.906. The van der Waals surface area contributed by atoms with Gasteiger partial charge in [0.1, 0.15) is 0 Å². The molecular weight excluding hydrogens is 258 g/mol. The second-order valence-electron chi connectivity index (χ2n) is 4.73. The number of urea groups is 1. The van der Waals surface area contributed by atoms with Crippen LogP contribution in [0.5, 0.6) is 0 Å². The minimum atomic E-state index is -0.906. The van der Waals surface area contributed by atoms with E-state index in [1.54, 1.807) is 6.20 Å². The van der Waals surface area contributed by atoms with Gasteiger partial charge in [0.05, 0.1) is 6.42 Å². The van der Waals surface area contributed by atoms with Crippen molar-refractivity contribution in [2.24, 2.45) is 0 Å². The van der Waals surface area contributed by atoms with E-state index in [0.29, 0.717) is 13.0 Å². The average molecular weight is 279 g/mol. The van der Waals surface area contributed by atoms with Crippen LogP contribution in [-0.4, -0.2) is 46.1 Å². The van der Waals surface area contributed by atoms with Crippen LogP contribution in [-0.2, 0) is 11.2 Å². The molecular formula is C14H21N3O3. The van der Waals surface area contributed by atoms with Gasteiger partial charge in [0.2, 0.25) is 0 Å². The third-order valence-electron chi connectivity index (χ3n) is 2.83. The average Bonchev–Trinajstić information content (AvgIpc) is 2.39.